The van der Waals surface area contributed by atoms with Gasteiger partial charge in [-0.1, -0.05) is 0 Å². The summed E-state index contributed by atoms with van der Waals surface area (Å²) < 4.78 is 4.90. The Morgan fingerprint density at radius 1 is 1.41 bits per heavy atom. The molecule has 2 aliphatic heterocycles. The molecule has 1 aromatic rings. The van der Waals surface area contributed by atoms with Gasteiger partial charge >= 0.3 is 5.97 Å². The largest absolute Gasteiger partial charge is 0.481 e. The van der Waals surface area contributed by atoms with Gasteiger partial charge in [0, 0.05) is 12.1 Å². The van der Waals surface area contributed by atoms with Crippen molar-refractivity contribution < 1.29 is 19.1 Å². The topological polar surface area (TPSA) is 70.8 Å². The molecule has 0 spiro atoms. The van der Waals surface area contributed by atoms with E-state index in [1.807, 2.05) is 0 Å². The molecule has 0 aromatic carbocycles. The second-order valence-corrected chi connectivity index (χ2v) is 4.70. The molecule has 2 saturated heterocycles. The van der Waals surface area contributed by atoms with E-state index < -0.39 is 11.9 Å². The maximum Gasteiger partial charge on any atom is 0.308 e. The van der Waals surface area contributed by atoms with Crippen LogP contribution >= 0.6 is 0 Å². The SMILES string of the molecule is O=C(O)C1CC2CCC1N2C(=O)c1ccoc1. The van der Waals surface area contributed by atoms with Crippen molar-refractivity contribution in [1.29, 1.82) is 0 Å². The number of hydrogen-bond donors (Lipinski definition) is 1. The Morgan fingerprint density at radius 3 is 2.82 bits per heavy atom. The maximum absolute atomic E-state index is 12.2. The summed E-state index contributed by atoms with van der Waals surface area (Å²) in [4.78, 5) is 25.0. The van der Waals surface area contributed by atoms with Gasteiger partial charge in [-0.2, -0.15) is 0 Å². The molecule has 5 nitrogen and oxygen atoms in total. The minimum absolute atomic E-state index is 0.0866. The van der Waals surface area contributed by atoms with E-state index in [0.717, 1.165) is 12.8 Å². The van der Waals surface area contributed by atoms with Crippen LogP contribution in [0, 0.1) is 5.92 Å². The molecular weight excluding hydrogens is 222 g/mol. The molecule has 5 heteroatoms. The van der Waals surface area contributed by atoms with Crippen LogP contribution in [0.15, 0.2) is 23.0 Å². The molecule has 1 N–H and O–H groups in total. The van der Waals surface area contributed by atoms with Gasteiger partial charge in [0.15, 0.2) is 0 Å². The number of carbonyl (C=O) groups excluding carboxylic acids is 1. The van der Waals surface area contributed by atoms with Crippen molar-refractivity contribution in [1.82, 2.24) is 4.90 Å². The fraction of sp³-hybridized carbons (Fsp3) is 0.500. The summed E-state index contributed by atoms with van der Waals surface area (Å²) in [5.41, 5.74) is 0.507. The van der Waals surface area contributed by atoms with Gasteiger partial charge in [-0.3, -0.25) is 9.59 Å². The van der Waals surface area contributed by atoms with Crippen LogP contribution in [0.5, 0.6) is 0 Å². The van der Waals surface area contributed by atoms with Crippen LogP contribution in [0.25, 0.3) is 0 Å². The first-order valence-electron chi connectivity index (χ1n) is 5.76. The second kappa shape index (κ2) is 3.61. The van der Waals surface area contributed by atoms with E-state index in [-0.39, 0.29) is 18.0 Å². The van der Waals surface area contributed by atoms with Crippen LogP contribution in [0.1, 0.15) is 29.6 Å². The zero-order valence-electron chi connectivity index (χ0n) is 9.20. The third-order valence-corrected chi connectivity index (χ3v) is 3.86. The maximum atomic E-state index is 12.2. The third kappa shape index (κ3) is 1.45. The van der Waals surface area contributed by atoms with E-state index in [1.165, 1.54) is 12.5 Å². The molecule has 3 unspecified atom stereocenters. The molecule has 17 heavy (non-hydrogen) atoms. The van der Waals surface area contributed by atoms with E-state index in [2.05, 4.69) is 0 Å². The van der Waals surface area contributed by atoms with Crippen LogP contribution in [0.3, 0.4) is 0 Å². The fourth-order valence-corrected chi connectivity index (χ4v) is 3.11. The number of carbonyl (C=O) groups is 2. The Balaban J connectivity index is 1.86. The molecule has 2 bridgehead atoms. The van der Waals surface area contributed by atoms with Gasteiger partial charge < -0.3 is 14.4 Å². The number of hydrogen-bond acceptors (Lipinski definition) is 3. The summed E-state index contributed by atoms with van der Waals surface area (Å²) in [5.74, 6) is -1.29. The van der Waals surface area contributed by atoms with Crippen molar-refractivity contribution in [3.8, 4) is 0 Å². The number of aliphatic carboxylic acids is 1. The third-order valence-electron chi connectivity index (χ3n) is 3.86. The molecule has 3 rings (SSSR count). The number of nitrogens with zero attached hydrogens (tertiary/aromatic N) is 1. The summed E-state index contributed by atoms with van der Waals surface area (Å²) in [7, 11) is 0. The lowest BCUT2D eigenvalue weighted by molar-refractivity contribution is -0.142. The molecule has 0 aliphatic carbocycles. The summed E-state index contributed by atoms with van der Waals surface area (Å²) in [6.45, 7) is 0. The van der Waals surface area contributed by atoms with Crippen molar-refractivity contribution in [2.24, 2.45) is 5.92 Å². The lowest BCUT2D eigenvalue weighted by Gasteiger charge is -2.22. The van der Waals surface area contributed by atoms with E-state index in [4.69, 9.17) is 9.52 Å². The van der Waals surface area contributed by atoms with Gasteiger partial charge in [0.1, 0.15) is 6.26 Å². The number of fused-ring (bicyclic) bond motifs is 2. The molecule has 90 valence electrons. The minimum atomic E-state index is -0.790. The van der Waals surface area contributed by atoms with Crippen molar-refractivity contribution in [2.75, 3.05) is 0 Å². The quantitative estimate of drug-likeness (QED) is 0.840. The molecular formula is C12H13NO4. The van der Waals surface area contributed by atoms with Gasteiger partial charge in [0.25, 0.3) is 5.91 Å². The summed E-state index contributed by atoms with van der Waals surface area (Å²) in [5, 5.41) is 9.11. The Morgan fingerprint density at radius 2 is 2.24 bits per heavy atom. The van der Waals surface area contributed by atoms with Crippen LogP contribution in [0.2, 0.25) is 0 Å². The van der Waals surface area contributed by atoms with E-state index in [0.29, 0.717) is 12.0 Å². The molecule has 0 saturated carbocycles. The Hall–Kier alpha value is -1.78. The highest BCUT2D eigenvalue weighted by atomic mass is 16.4. The monoisotopic (exact) mass is 235 g/mol. The highest BCUT2D eigenvalue weighted by molar-refractivity contribution is 5.95. The van der Waals surface area contributed by atoms with E-state index in [9.17, 15) is 9.59 Å². The highest BCUT2D eigenvalue weighted by Crippen LogP contribution is 2.42. The lowest BCUT2D eigenvalue weighted by Crippen LogP contribution is -2.37. The standard InChI is InChI=1S/C12H13NO4/c14-11(7-3-4-17-6-7)13-8-1-2-10(13)9(5-8)12(15)16/h3-4,6,8-10H,1-2,5H2,(H,15,16). The predicted octanol–water partition coefficient (Wildman–Crippen LogP) is 1.36. The number of carboxylic acids is 1. The predicted molar refractivity (Wildman–Crippen MR) is 57.4 cm³/mol. The van der Waals surface area contributed by atoms with Crippen molar-refractivity contribution in [3.05, 3.63) is 24.2 Å². The van der Waals surface area contributed by atoms with Crippen molar-refractivity contribution in [3.63, 3.8) is 0 Å². The van der Waals surface area contributed by atoms with Crippen LogP contribution < -0.4 is 0 Å². The number of furan rings is 1. The Bertz CT molecular complexity index is 453. The second-order valence-electron chi connectivity index (χ2n) is 4.70. The Labute approximate surface area is 98.0 Å². The fourth-order valence-electron chi connectivity index (χ4n) is 3.11. The van der Waals surface area contributed by atoms with Crippen molar-refractivity contribution >= 4 is 11.9 Å². The number of carboxylic acid groups (broad SMARTS) is 1. The zero-order valence-corrected chi connectivity index (χ0v) is 9.20. The van der Waals surface area contributed by atoms with Gasteiger partial charge in [-0.05, 0) is 25.3 Å². The normalized spacial score (nSPS) is 30.8. The van der Waals surface area contributed by atoms with E-state index in [1.54, 1.807) is 11.0 Å². The molecule has 2 aliphatic rings. The minimum Gasteiger partial charge on any atom is -0.481 e. The Kier molecular flexibility index (Phi) is 2.21. The number of rotatable bonds is 2. The molecule has 2 fully saturated rings. The van der Waals surface area contributed by atoms with Crippen LogP contribution in [-0.4, -0.2) is 34.0 Å². The smallest absolute Gasteiger partial charge is 0.308 e. The molecule has 3 atom stereocenters. The first-order valence-corrected chi connectivity index (χ1v) is 5.76. The van der Waals surface area contributed by atoms with Gasteiger partial charge in [0.05, 0.1) is 17.7 Å². The van der Waals surface area contributed by atoms with Crippen LogP contribution in [-0.2, 0) is 4.79 Å². The first-order chi connectivity index (χ1) is 8.18. The molecule has 3 heterocycles. The zero-order chi connectivity index (χ0) is 12.0. The van der Waals surface area contributed by atoms with Crippen LogP contribution in [0.4, 0.5) is 0 Å². The first kappa shape index (κ1) is 10.4. The number of amides is 1. The molecule has 1 amide bonds. The summed E-state index contributed by atoms with van der Waals surface area (Å²) in [6.07, 6.45) is 5.17. The van der Waals surface area contributed by atoms with Gasteiger partial charge in [0.2, 0.25) is 0 Å². The molecule has 1 aromatic heterocycles. The summed E-state index contributed by atoms with van der Waals surface area (Å²) in [6, 6.07) is 1.57. The summed E-state index contributed by atoms with van der Waals surface area (Å²) >= 11 is 0. The average molecular weight is 235 g/mol. The highest BCUT2D eigenvalue weighted by Gasteiger charge is 2.51. The van der Waals surface area contributed by atoms with E-state index >= 15 is 0 Å². The molecule has 0 radical (unpaired) electrons. The lowest BCUT2D eigenvalue weighted by atomic mass is 9.89. The average Bonchev–Trinajstić information content (AvgIpc) is 3.03. The van der Waals surface area contributed by atoms with Gasteiger partial charge in [-0.25, -0.2) is 0 Å². The van der Waals surface area contributed by atoms with Crippen molar-refractivity contribution in [2.45, 2.75) is 31.3 Å². The van der Waals surface area contributed by atoms with Gasteiger partial charge in [-0.15, -0.1) is 0 Å².